The molecule has 2 saturated heterocycles. The van der Waals surface area contributed by atoms with E-state index in [2.05, 4.69) is 0 Å². The molecule has 3 amide bonds. The predicted molar refractivity (Wildman–Crippen MR) is 127 cm³/mol. The van der Waals surface area contributed by atoms with Crippen LogP contribution in [0.4, 0.5) is 0 Å². The maximum atomic E-state index is 13.8. The fourth-order valence-electron chi connectivity index (χ4n) is 5.09. The molecule has 2 atom stereocenters. The normalized spacial score (nSPS) is 21.6. The fraction of sp³-hybridized carbons (Fsp3) is 0.444. The number of likely N-dealkylation sites (tertiary alicyclic amines) is 1. The number of amides is 3. The van der Waals surface area contributed by atoms with Gasteiger partial charge in [-0.15, -0.1) is 0 Å². The van der Waals surface area contributed by atoms with E-state index in [4.69, 9.17) is 0 Å². The van der Waals surface area contributed by atoms with Crippen LogP contribution in [-0.2, 0) is 20.9 Å². The second-order valence-electron chi connectivity index (χ2n) is 8.92. The lowest BCUT2D eigenvalue weighted by molar-refractivity contribution is -0.149. The molecule has 0 radical (unpaired) electrons. The summed E-state index contributed by atoms with van der Waals surface area (Å²) in [6.45, 7) is 4.84. The Kier molecular flexibility index (Phi) is 7.43. The highest BCUT2D eigenvalue weighted by Gasteiger charge is 2.42. The van der Waals surface area contributed by atoms with E-state index in [0.717, 1.165) is 17.5 Å². The van der Waals surface area contributed by atoms with Crippen molar-refractivity contribution < 1.29 is 14.4 Å². The standard InChI is InChI=1S/C27H33N3O3/c1-2-24(31)28-16-9-17-29(19-18-28)27(33)23-14-15-25(32)30(20-21-10-5-3-6-11-21)26(23)22-12-7-4-8-13-22/h3-8,10-13,23,26H,2,9,14-20H2,1H3. The van der Waals surface area contributed by atoms with E-state index in [1.54, 1.807) is 0 Å². The van der Waals surface area contributed by atoms with Crippen LogP contribution in [-0.4, -0.2) is 58.6 Å². The van der Waals surface area contributed by atoms with E-state index >= 15 is 0 Å². The lowest BCUT2D eigenvalue weighted by Gasteiger charge is -2.42. The maximum absolute atomic E-state index is 13.8. The number of carbonyl (C=O) groups excluding carboxylic acids is 3. The van der Waals surface area contributed by atoms with Crippen LogP contribution in [0.15, 0.2) is 60.7 Å². The van der Waals surface area contributed by atoms with Gasteiger partial charge in [0.1, 0.15) is 0 Å². The van der Waals surface area contributed by atoms with E-state index < -0.39 is 0 Å². The molecule has 2 heterocycles. The molecule has 0 N–H and O–H groups in total. The first-order valence-electron chi connectivity index (χ1n) is 12.0. The first kappa shape index (κ1) is 23.0. The molecule has 6 heteroatoms. The first-order chi connectivity index (χ1) is 16.1. The number of benzene rings is 2. The molecule has 2 aromatic rings. The van der Waals surface area contributed by atoms with E-state index in [9.17, 15) is 14.4 Å². The molecule has 0 aliphatic carbocycles. The molecule has 2 unspecified atom stereocenters. The van der Waals surface area contributed by atoms with Crippen LogP contribution in [0.5, 0.6) is 0 Å². The van der Waals surface area contributed by atoms with Crippen LogP contribution in [0.3, 0.4) is 0 Å². The Hall–Kier alpha value is -3.15. The summed E-state index contributed by atoms with van der Waals surface area (Å²) < 4.78 is 0. The van der Waals surface area contributed by atoms with E-state index in [0.29, 0.717) is 52.0 Å². The number of hydrogen-bond donors (Lipinski definition) is 0. The van der Waals surface area contributed by atoms with Gasteiger partial charge in [0.05, 0.1) is 12.0 Å². The van der Waals surface area contributed by atoms with E-state index in [-0.39, 0.29) is 29.7 Å². The fourth-order valence-corrected chi connectivity index (χ4v) is 5.09. The number of carbonyl (C=O) groups is 3. The van der Waals surface area contributed by atoms with Gasteiger partial charge in [0.25, 0.3) is 0 Å². The summed E-state index contributed by atoms with van der Waals surface area (Å²) in [4.78, 5) is 44.8. The van der Waals surface area contributed by atoms with Crippen molar-refractivity contribution in [3.05, 3.63) is 71.8 Å². The minimum atomic E-state index is -0.295. The summed E-state index contributed by atoms with van der Waals surface area (Å²) in [5, 5.41) is 0. The monoisotopic (exact) mass is 447 g/mol. The molecular formula is C27H33N3O3. The van der Waals surface area contributed by atoms with Gasteiger partial charge in [0.15, 0.2) is 0 Å². The summed E-state index contributed by atoms with van der Waals surface area (Å²) in [6.07, 6.45) is 2.20. The van der Waals surface area contributed by atoms with Crippen molar-refractivity contribution in [3.63, 3.8) is 0 Å². The lowest BCUT2D eigenvalue weighted by atomic mass is 9.83. The van der Waals surface area contributed by atoms with Crippen molar-refractivity contribution in [1.82, 2.24) is 14.7 Å². The van der Waals surface area contributed by atoms with Crippen LogP contribution in [0, 0.1) is 5.92 Å². The highest BCUT2D eigenvalue weighted by Crippen LogP contribution is 2.39. The molecule has 2 fully saturated rings. The second-order valence-corrected chi connectivity index (χ2v) is 8.92. The number of hydrogen-bond acceptors (Lipinski definition) is 3. The van der Waals surface area contributed by atoms with Gasteiger partial charge in [-0.2, -0.15) is 0 Å². The van der Waals surface area contributed by atoms with Gasteiger partial charge < -0.3 is 14.7 Å². The van der Waals surface area contributed by atoms with Gasteiger partial charge in [-0.25, -0.2) is 0 Å². The Morgan fingerprint density at radius 2 is 1.52 bits per heavy atom. The Labute approximate surface area is 196 Å². The Balaban J connectivity index is 1.59. The average molecular weight is 448 g/mol. The van der Waals surface area contributed by atoms with Gasteiger partial charge >= 0.3 is 0 Å². The molecule has 0 bridgehead atoms. The highest BCUT2D eigenvalue weighted by molar-refractivity contribution is 5.85. The molecule has 2 aliphatic heterocycles. The van der Waals surface area contributed by atoms with Crippen LogP contribution >= 0.6 is 0 Å². The van der Waals surface area contributed by atoms with Gasteiger partial charge in [0.2, 0.25) is 17.7 Å². The van der Waals surface area contributed by atoms with Crippen LogP contribution < -0.4 is 0 Å². The quantitative estimate of drug-likeness (QED) is 0.703. The molecule has 6 nitrogen and oxygen atoms in total. The minimum Gasteiger partial charge on any atom is -0.341 e. The lowest BCUT2D eigenvalue weighted by Crippen LogP contribution is -2.49. The smallest absolute Gasteiger partial charge is 0.228 e. The minimum absolute atomic E-state index is 0.0901. The molecular weight excluding hydrogens is 414 g/mol. The van der Waals surface area contributed by atoms with Gasteiger partial charge in [-0.3, -0.25) is 14.4 Å². The number of nitrogens with zero attached hydrogens (tertiary/aromatic N) is 3. The Morgan fingerprint density at radius 3 is 2.21 bits per heavy atom. The summed E-state index contributed by atoms with van der Waals surface area (Å²) in [5.41, 5.74) is 2.06. The molecule has 174 valence electrons. The first-order valence-corrected chi connectivity index (χ1v) is 12.0. The third kappa shape index (κ3) is 5.27. The van der Waals surface area contributed by atoms with Crippen molar-refractivity contribution in [2.24, 2.45) is 5.92 Å². The Morgan fingerprint density at radius 1 is 0.879 bits per heavy atom. The molecule has 33 heavy (non-hydrogen) atoms. The maximum Gasteiger partial charge on any atom is 0.228 e. The number of rotatable bonds is 5. The predicted octanol–water partition coefficient (Wildman–Crippen LogP) is 3.64. The zero-order valence-corrected chi connectivity index (χ0v) is 19.4. The molecule has 2 aromatic carbocycles. The van der Waals surface area contributed by atoms with E-state index in [1.807, 2.05) is 82.3 Å². The van der Waals surface area contributed by atoms with Crippen molar-refractivity contribution in [2.75, 3.05) is 26.2 Å². The molecule has 2 aliphatic rings. The third-order valence-electron chi connectivity index (χ3n) is 6.82. The van der Waals surface area contributed by atoms with Crippen LogP contribution in [0.2, 0.25) is 0 Å². The Bertz CT molecular complexity index is 963. The zero-order chi connectivity index (χ0) is 23.2. The largest absolute Gasteiger partial charge is 0.341 e. The van der Waals surface area contributed by atoms with Gasteiger partial charge in [0, 0.05) is 45.6 Å². The van der Waals surface area contributed by atoms with Crippen molar-refractivity contribution in [2.45, 2.75) is 45.2 Å². The van der Waals surface area contributed by atoms with Crippen molar-refractivity contribution in [3.8, 4) is 0 Å². The van der Waals surface area contributed by atoms with Crippen LogP contribution in [0.25, 0.3) is 0 Å². The summed E-state index contributed by atoms with van der Waals surface area (Å²) >= 11 is 0. The molecule has 0 saturated carbocycles. The second kappa shape index (κ2) is 10.6. The van der Waals surface area contributed by atoms with Gasteiger partial charge in [-0.1, -0.05) is 67.6 Å². The van der Waals surface area contributed by atoms with Crippen molar-refractivity contribution >= 4 is 17.7 Å². The molecule has 0 spiro atoms. The number of piperidine rings is 1. The molecule has 0 aromatic heterocycles. The van der Waals surface area contributed by atoms with E-state index in [1.165, 1.54) is 0 Å². The summed E-state index contributed by atoms with van der Waals surface area (Å²) in [6, 6.07) is 19.6. The van der Waals surface area contributed by atoms with Crippen molar-refractivity contribution in [1.29, 1.82) is 0 Å². The summed E-state index contributed by atoms with van der Waals surface area (Å²) in [5.74, 6) is 0.0403. The SMILES string of the molecule is CCC(=O)N1CCCN(C(=O)C2CCC(=O)N(Cc3ccccc3)C2c2ccccc2)CC1. The third-order valence-corrected chi connectivity index (χ3v) is 6.82. The molecule has 4 rings (SSSR count). The van der Waals surface area contributed by atoms with Gasteiger partial charge in [-0.05, 0) is 24.0 Å². The topological polar surface area (TPSA) is 60.9 Å². The average Bonchev–Trinajstić information content (AvgIpc) is 3.12. The highest BCUT2D eigenvalue weighted by atomic mass is 16.2. The summed E-state index contributed by atoms with van der Waals surface area (Å²) in [7, 11) is 0. The van der Waals surface area contributed by atoms with Crippen LogP contribution in [0.1, 0.15) is 49.8 Å². The zero-order valence-electron chi connectivity index (χ0n) is 19.4.